The summed E-state index contributed by atoms with van der Waals surface area (Å²) in [6.45, 7) is 0. The molecule has 69 heavy (non-hydrogen) atoms. The SMILES string of the molecule is c1ccc(-c2cccc(-c3nc(-c4cccc(-c5ccccc5)c4)nc(-c4cccc5oc6ccc(-c7ccc(-n8c9ccccc9c9ccccc98)c8oc9ccccc9c78)cc6c45)n3)c2)cc1. The zero-order valence-corrected chi connectivity index (χ0v) is 37.0. The highest BCUT2D eigenvalue weighted by atomic mass is 16.3. The summed E-state index contributed by atoms with van der Waals surface area (Å²) in [5, 5.41) is 6.41. The summed E-state index contributed by atoms with van der Waals surface area (Å²) in [5.74, 6) is 1.73. The number of para-hydroxylation sites is 3. The molecule has 0 N–H and O–H groups in total. The minimum Gasteiger partial charge on any atom is -0.456 e. The standard InChI is InChI=1S/C63H38N4O2/c1-3-16-39(17-4-1)41-20-13-22-44(36-41)61-64-62(45-23-14-21-42(37-45)40-18-5-2-6-19-40)66-63(65-61)50-27-15-31-57-58(50)51-38-43(32-35-56(51)68-57)46-33-34-54(60-59(46)49-26-9-12-30-55(49)69-60)67-52-28-10-7-24-47(52)48-25-8-11-29-53(48)67/h1-38H. The van der Waals surface area contributed by atoms with E-state index in [-0.39, 0.29) is 0 Å². The summed E-state index contributed by atoms with van der Waals surface area (Å²) < 4.78 is 15.9. The van der Waals surface area contributed by atoms with Crippen molar-refractivity contribution in [3.05, 3.63) is 231 Å². The van der Waals surface area contributed by atoms with Gasteiger partial charge in [-0.25, -0.2) is 15.0 Å². The van der Waals surface area contributed by atoms with Crippen LogP contribution in [-0.2, 0) is 0 Å². The lowest BCUT2D eigenvalue weighted by atomic mass is 9.96. The van der Waals surface area contributed by atoms with Crippen LogP contribution in [0.5, 0.6) is 0 Å². The predicted molar refractivity (Wildman–Crippen MR) is 281 cm³/mol. The average molecular weight is 883 g/mol. The summed E-state index contributed by atoms with van der Waals surface area (Å²) in [7, 11) is 0. The summed E-state index contributed by atoms with van der Waals surface area (Å²) in [6.07, 6.45) is 0. The molecule has 14 rings (SSSR count). The fourth-order valence-corrected chi connectivity index (χ4v) is 10.3. The van der Waals surface area contributed by atoms with Crippen LogP contribution in [-0.4, -0.2) is 19.5 Å². The van der Waals surface area contributed by atoms with Gasteiger partial charge in [-0.1, -0.05) is 176 Å². The first-order valence-corrected chi connectivity index (χ1v) is 23.2. The fourth-order valence-electron chi connectivity index (χ4n) is 10.3. The molecule has 4 heterocycles. The minimum absolute atomic E-state index is 0.558. The van der Waals surface area contributed by atoms with E-state index in [0.29, 0.717) is 17.5 Å². The Morgan fingerprint density at radius 3 is 1.48 bits per heavy atom. The topological polar surface area (TPSA) is 69.9 Å². The monoisotopic (exact) mass is 882 g/mol. The molecule has 0 atom stereocenters. The lowest BCUT2D eigenvalue weighted by Crippen LogP contribution is -2.00. The summed E-state index contributed by atoms with van der Waals surface area (Å²) >= 11 is 0. The molecule has 6 nitrogen and oxygen atoms in total. The van der Waals surface area contributed by atoms with Crippen LogP contribution in [0.4, 0.5) is 0 Å². The van der Waals surface area contributed by atoms with Gasteiger partial charge in [0.2, 0.25) is 0 Å². The minimum atomic E-state index is 0.558. The molecule has 6 heteroatoms. The lowest BCUT2D eigenvalue weighted by molar-refractivity contribution is 0.666. The highest BCUT2D eigenvalue weighted by molar-refractivity contribution is 6.18. The number of nitrogens with zero attached hydrogens (tertiary/aromatic N) is 4. The van der Waals surface area contributed by atoms with Crippen molar-refractivity contribution in [3.63, 3.8) is 0 Å². The van der Waals surface area contributed by atoms with Crippen LogP contribution in [0.25, 0.3) is 139 Å². The van der Waals surface area contributed by atoms with Crippen molar-refractivity contribution < 1.29 is 8.83 Å². The molecule has 0 unspecified atom stereocenters. The van der Waals surface area contributed by atoms with Crippen molar-refractivity contribution in [1.29, 1.82) is 0 Å². The first kappa shape index (κ1) is 38.8. The van der Waals surface area contributed by atoms with Crippen molar-refractivity contribution in [2.75, 3.05) is 0 Å². The Morgan fingerprint density at radius 2 is 0.812 bits per heavy atom. The van der Waals surface area contributed by atoms with Gasteiger partial charge in [0.15, 0.2) is 23.1 Å². The van der Waals surface area contributed by atoms with Gasteiger partial charge in [0.1, 0.15) is 16.7 Å². The number of benzene rings is 10. The number of hydrogen-bond acceptors (Lipinski definition) is 5. The second-order valence-electron chi connectivity index (χ2n) is 17.5. The zero-order chi connectivity index (χ0) is 45.4. The molecule has 0 aliphatic carbocycles. The summed E-state index contributed by atoms with van der Waals surface area (Å²) in [4.78, 5) is 15.8. The van der Waals surface area contributed by atoms with Crippen molar-refractivity contribution in [1.82, 2.24) is 19.5 Å². The molecule has 10 aromatic carbocycles. The first-order chi connectivity index (χ1) is 34.2. The van der Waals surface area contributed by atoms with Gasteiger partial charge in [-0.3, -0.25) is 0 Å². The van der Waals surface area contributed by atoms with Crippen molar-refractivity contribution in [3.8, 4) is 73.2 Å². The number of furan rings is 2. The normalized spacial score (nSPS) is 11.8. The molecule has 0 radical (unpaired) electrons. The van der Waals surface area contributed by atoms with E-state index in [9.17, 15) is 0 Å². The molecule has 0 spiro atoms. The van der Waals surface area contributed by atoms with Gasteiger partial charge in [-0.05, 0) is 88.0 Å². The van der Waals surface area contributed by atoms with Crippen LogP contribution in [0, 0.1) is 0 Å². The average Bonchev–Trinajstić information content (AvgIpc) is 4.11. The second-order valence-corrected chi connectivity index (χ2v) is 17.5. The Bertz CT molecular complexity index is 4160. The van der Waals surface area contributed by atoms with Gasteiger partial charge >= 0.3 is 0 Å². The predicted octanol–water partition coefficient (Wildman–Crippen LogP) is 16.8. The molecule has 0 bridgehead atoms. The number of hydrogen-bond donors (Lipinski definition) is 0. The lowest BCUT2D eigenvalue weighted by Gasteiger charge is -2.12. The molecule has 14 aromatic rings. The van der Waals surface area contributed by atoms with Gasteiger partial charge in [0, 0.05) is 49.0 Å². The van der Waals surface area contributed by atoms with E-state index in [4.69, 9.17) is 23.8 Å². The highest BCUT2D eigenvalue weighted by Crippen LogP contribution is 2.45. The second kappa shape index (κ2) is 15.6. The van der Waals surface area contributed by atoms with Crippen molar-refractivity contribution in [2.24, 2.45) is 0 Å². The van der Waals surface area contributed by atoms with E-state index in [1.165, 1.54) is 10.8 Å². The summed E-state index contributed by atoms with van der Waals surface area (Å²) in [6, 6.07) is 80.2. The number of aromatic nitrogens is 4. The molecule has 0 aliphatic heterocycles. The molecule has 322 valence electrons. The van der Waals surface area contributed by atoms with E-state index in [2.05, 4.69) is 205 Å². The Labute approximate surface area is 396 Å². The Kier molecular flexibility index (Phi) is 8.79. The summed E-state index contributed by atoms with van der Waals surface area (Å²) in [5.41, 5.74) is 15.6. The van der Waals surface area contributed by atoms with Gasteiger partial charge in [0.25, 0.3) is 0 Å². The van der Waals surface area contributed by atoms with E-state index >= 15 is 0 Å². The van der Waals surface area contributed by atoms with E-state index < -0.39 is 0 Å². The highest BCUT2D eigenvalue weighted by Gasteiger charge is 2.23. The van der Waals surface area contributed by atoms with Gasteiger partial charge < -0.3 is 13.4 Å². The molecule has 0 saturated heterocycles. The Hall–Kier alpha value is -9.39. The third-order valence-electron chi connectivity index (χ3n) is 13.5. The number of rotatable bonds is 7. The fraction of sp³-hybridized carbons (Fsp3) is 0. The van der Waals surface area contributed by atoms with Crippen LogP contribution in [0.3, 0.4) is 0 Å². The largest absolute Gasteiger partial charge is 0.456 e. The maximum atomic E-state index is 6.89. The van der Waals surface area contributed by atoms with E-state index in [0.717, 1.165) is 111 Å². The quantitative estimate of drug-likeness (QED) is 0.159. The van der Waals surface area contributed by atoms with Crippen LogP contribution < -0.4 is 0 Å². The molecular formula is C63H38N4O2. The molecule has 0 saturated carbocycles. The van der Waals surface area contributed by atoms with Gasteiger partial charge in [-0.15, -0.1) is 0 Å². The molecule has 0 fully saturated rings. The van der Waals surface area contributed by atoms with Crippen LogP contribution >= 0.6 is 0 Å². The van der Waals surface area contributed by atoms with E-state index in [1.807, 2.05) is 30.3 Å². The van der Waals surface area contributed by atoms with E-state index in [1.54, 1.807) is 0 Å². The van der Waals surface area contributed by atoms with Crippen LogP contribution in [0.1, 0.15) is 0 Å². The molecule has 0 amide bonds. The molecule has 4 aromatic heterocycles. The Morgan fingerprint density at radius 1 is 0.290 bits per heavy atom. The molecular weight excluding hydrogens is 845 g/mol. The van der Waals surface area contributed by atoms with Crippen LogP contribution in [0.2, 0.25) is 0 Å². The third kappa shape index (κ3) is 6.38. The maximum Gasteiger partial charge on any atom is 0.164 e. The number of fused-ring (bicyclic) bond motifs is 9. The van der Waals surface area contributed by atoms with Crippen molar-refractivity contribution >= 4 is 65.7 Å². The van der Waals surface area contributed by atoms with Crippen molar-refractivity contribution in [2.45, 2.75) is 0 Å². The van der Waals surface area contributed by atoms with Gasteiger partial charge in [-0.2, -0.15) is 0 Å². The third-order valence-corrected chi connectivity index (χ3v) is 13.5. The molecule has 0 aliphatic rings. The van der Waals surface area contributed by atoms with Gasteiger partial charge in [0.05, 0.1) is 16.7 Å². The maximum absolute atomic E-state index is 6.89. The zero-order valence-electron chi connectivity index (χ0n) is 37.0. The Balaban J connectivity index is 0.971. The van der Waals surface area contributed by atoms with Crippen LogP contribution in [0.15, 0.2) is 239 Å². The first-order valence-electron chi connectivity index (χ1n) is 23.2. The smallest absolute Gasteiger partial charge is 0.164 e.